The monoisotopic (exact) mass is 338 g/mol. The van der Waals surface area contributed by atoms with Gasteiger partial charge in [-0.25, -0.2) is 13.4 Å². The summed E-state index contributed by atoms with van der Waals surface area (Å²) in [5, 5.41) is 0.0949. The van der Waals surface area contributed by atoms with E-state index >= 15 is 0 Å². The Kier molecular flexibility index (Phi) is 4.70. The number of benzene rings is 1. The van der Waals surface area contributed by atoms with Gasteiger partial charge < -0.3 is 14.0 Å². The predicted molar refractivity (Wildman–Crippen MR) is 87.2 cm³/mol. The van der Waals surface area contributed by atoms with E-state index in [1.54, 1.807) is 11.7 Å². The summed E-state index contributed by atoms with van der Waals surface area (Å²) in [4.78, 5) is 4.30. The van der Waals surface area contributed by atoms with E-state index in [2.05, 4.69) is 4.98 Å². The average Bonchev–Trinajstić information content (AvgIpc) is 2.92. The molecule has 2 atom stereocenters. The van der Waals surface area contributed by atoms with Gasteiger partial charge in [0.25, 0.3) is 0 Å². The van der Waals surface area contributed by atoms with Crippen LogP contribution in [0.3, 0.4) is 0 Å². The van der Waals surface area contributed by atoms with Crippen molar-refractivity contribution < 1.29 is 17.9 Å². The van der Waals surface area contributed by atoms with Gasteiger partial charge in [0.2, 0.25) is 15.0 Å². The summed E-state index contributed by atoms with van der Waals surface area (Å²) in [5.74, 6) is 0.266. The molecule has 126 valence electrons. The van der Waals surface area contributed by atoms with Crippen LogP contribution in [0.5, 0.6) is 0 Å². The SMILES string of the molecule is COC(Cn1c(S(C)(=O)=O)nc2ccccc21)C1CCCOC1. The molecule has 2 unspecified atom stereocenters. The molecule has 0 bridgehead atoms. The van der Waals surface area contributed by atoms with Gasteiger partial charge in [-0.3, -0.25) is 0 Å². The Morgan fingerprint density at radius 2 is 2.22 bits per heavy atom. The number of hydrogen-bond acceptors (Lipinski definition) is 5. The van der Waals surface area contributed by atoms with E-state index in [-0.39, 0.29) is 17.2 Å². The maximum absolute atomic E-state index is 12.1. The van der Waals surface area contributed by atoms with Gasteiger partial charge in [-0.2, -0.15) is 0 Å². The maximum Gasteiger partial charge on any atom is 0.228 e. The van der Waals surface area contributed by atoms with Crippen LogP contribution in [0.1, 0.15) is 12.8 Å². The van der Waals surface area contributed by atoms with E-state index in [4.69, 9.17) is 9.47 Å². The Hall–Kier alpha value is -1.44. The van der Waals surface area contributed by atoms with Crippen LogP contribution in [0.4, 0.5) is 0 Å². The van der Waals surface area contributed by atoms with Crippen LogP contribution < -0.4 is 0 Å². The number of rotatable bonds is 5. The summed E-state index contributed by atoms with van der Waals surface area (Å²) >= 11 is 0. The molecular weight excluding hydrogens is 316 g/mol. The molecule has 1 aliphatic rings. The number of aromatic nitrogens is 2. The minimum atomic E-state index is -3.41. The van der Waals surface area contributed by atoms with Crippen LogP contribution in [0.15, 0.2) is 29.4 Å². The van der Waals surface area contributed by atoms with Crippen LogP contribution in [-0.4, -0.2) is 50.7 Å². The molecule has 1 saturated heterocycles. The molecule has 23 heavy (non-hydrogen) atoms. The zero-order valence-corrected chi connectivity index (χ0v) is 14.3. The van der Waals surface area contributed by atoms with Gasteiger partial charge in [0, 0.05) is 25.9 Å². The van der Waals surface area contributed by atoms with E-state index in [1.165, 1.54) is 6.26 Å². The van der Waals surface area contributed by atoms with E-state index in [9.17, 15) is 8.42 Å². The molecule has 6 nitrogen and oxygen atoms in total. The highest BCUT2D eigenvalue weighted by atomic mass is 32.2. The fourth-order valence-electron chi connectivity index (χ4n) is 3.17. The Morgan fingerprint density at radius 3 is 2.87 bits per heavy atom. The Labute approximate surface area is 136 Å². The number of sulfone groups is 1. The van der Waals surface area contributed by atoms with E-state index in [1.807, 2.05) is 24.3 Å². The topological polar surface area (TPSA) is 70.4 Å². The van der Waals surface area contributed by atoms with E-state index < -0.39 is 9.84 Å². The van der Waals surface area contributed by atoms with Crippen LogP contribution in [0, 0.1) is 5.92 Å². The number of fused-ring (bicyclic) bond motifs is 1. The Morgan fingerprint density at radius 1 is 1.43 bits per heavy atom. The van der Waals surface area contributed by atoms with Crippen molar-refractivity contribution in [3.05, 3.63) is 24.3 Å². The molecule has 1 fully saturated rings. The van der Waals surface area contributed by atoms with Gasteiger partial charge in [-0.05, 0) is 25.0 Å². The Balaban J connectivity index is 2.00. The van der Waals surface area contributed by atoms with Crippen molar-refractivity contribution in [2.75, 3.05) is 26.6 Å². The first kappa shape index (κ1) is 16.4. The molecule has 0 N–H and O–H groups in total. The van der Waals surface area contributed by atoms with Gasteiger partial charge in [0.05, 0.1) is 30.3 Å². The quantitative estimate of drug-likeness (QED) is 0.832. The second-order valence-electron chi connectivity index (χ2n) is 6.02. The third-order valence-electron chi connectivity index (χ3n) is 4.34. The minimum absolute atomic E-state index is 0.0949. The van der Waals surface area contributed by atoms with Crippen LogP contribution in [0.25, 0.3) is 11.0 Å². The number of para-hydroxylation sites is 2. The van der Waals surface area contributed by atoms with Crippen LogP contribution in [-0.2, 0) is 25.9 Å². The smallest absolute Gasteiger partial charge is 0.228 e. The molecular formula is C16H22N2O4S. The summed E-state index contributed by atoms with van der Waals surface area (Å²) in [6.45, 7) is 1.89. The molecule has 0 amide bonds. The molecule has 0 saturated carbocycles. The zero-order valence-electron chi connectivity index (χ0n) is 13.4. The summed E-state index contributed by atoms with van der Waals surface area (Å²) in [6, 6.07) is 7.46. The van der Waals surface area contributed by atoms with Gasteiger partial charge in [0.15, 0.2) is 0 Å². The van der Waals surface area contributed by atoms with E-state index in [0.29, 0.717) is 18.7 Å². The van der Waals surface area contributed by atoms with Crippen molar-refractivity contribution >= 4 is 20.9 Å². The lowest BCUT2D eigenvalue weighted by Gasteiger charge is -2.29. The molecule has 0 spiro atoms. The first-order chi connectivity index (χ1) is 11.0. The largest absolute Gasteiger partial charge is 0.381 e. The van der Waals surface area contributed by atoms with Crippen LogP contribution >= 0.6 is 0 Å². The van der Waals surface area contributed by atoms with Crippen LogP contribution in [0.2, 0.25) is 0 Å². The molecule has 7 heteroatoms. The average molecular weight is 338 g/mol. The molecule has 3 rings (SSSR count). The molecule has 2 aromatic rings. The first-order valence-corrected chi connectivity index (χ1v) is 9.65. The second-order valence-corrected chi connectivity index (χ2v) is 7.93. The van der Waals surface area contributed by atoms with Crippen molar-refractivity contribution in [2.24, 2.45) is 5.92 Å². The minimum Gasteiger partial charge on any atom is -0.381 e. The van der Waals surface area contributed by atoms with Gasteiger partial charge in [-0.1, -0.05) is 12.1 Å². The third-order valence-corrected chi connectivity index (χ3v) is 5.31. The van der Waals surface area contributed by atoms with Crippen molar-refractivity contribution in [2.45, 2.75) is 30.6 Å². The molecule has 1 aliphatic heterocycles. The fourth-order valence-corrected chi connectivity index (χ4v) is 4.01. The highest BCUT2D eigenvalue weighted by Crippen LogP contribution is 2.25. The van der Waals surface area contributed by atoms with Gasteiger partial charge in [0.1, 0.15) is 0 Å². The molecule has 1 aromatic carbocycles. The number of nitrogens with zero attached hydrogens (tertiary/aromatic N) is 2. The van der Waals surface area contributed by atoms with E-state index in [0.717, 1.165) is 25.0 Å². The summed E-state index contributed by atoms with van der Waals surface area (Å²) < 4.78 is 37.2. The lowest BCUT2D eigenvalue weighted by molar-refractivity contribution is -0.0355. The van der Waals surface area contributed by atoms with Gasteiger partial charge in [-0.15, -0.1) is 0 Å². The molecule has 2 heterocycles. The summed E-state index contributed by atoms with van der Waals surface area (Å²) in [5.41, 5.74) is 1.49. The van der Waals surface area contributed by atoms with Gasteiger partial charge >= 0.3 is 0 Å². The summed E-state index contributed by atoms with van der Waals surface area (Å²) in [7, 11) is -1.75. The van der Waals surface area contributed by atoms with Crippen molar-refractivity contribution in [3.8, 4) is 0 Å². The molecule has 1 aromatic heterocycles. The van der Waals surface area contributed by atoms with Crippen molar-refractivity contribution in [1.82, 2.24) is 9.55 Å². The van der Waals surface area contributed by atoms with Crippen molar-refractivity contribution in [3.63, 3.8) is 0 Å². The number of ether oxygens (including phenoxy) is 2. The summed E-state index contributed by atoms with van der Waals surface area (Å²) in [6.07, 6.45) is 3.12. The Bertz CT molecular complexity index is 778. The standard InChI is InChI=1S/C16H22N2O4S/c1-21-15(12-6-5-9-22-11-12)10-18-14-8-4-3-7-13(14)17-16(18)23(2,19)20/h3-4,7-8,12,15H,5-6,9-11H2,1-2H3. The third kappa shape index (κ3) is 3.41. The highest BCUT2D eigenvalue weighted by Gasteiger charge is 2.28. The first-order valence-electron chi connectivity index (χ1n) is 7.76. The normalized spacial score (nSPS) is 20.7. The lowest BCUT2D eigenvalue weighted by Crippen LogP contribution is -2.34. The lowest BCUT2D eigenvalue weighted by atomic mass is 9.95. The number of hydrogen-bond donors (Lipinski definition) is 0. The highest BCUT2D eigenvalue weighted by molar-refractivity contribution is 7.90. The molecule has 0 radical (unpaired) electrons. The predicted octanol–water partition coefficient (Wildman–Crippen LogP) is 1.88. The fraction of sp³-hybridized carbons (Fsp3) is 0.562. The second kappa shape index (κ2) is 6.59. The zero-order chi connectivity index (χ0) is 16.4. The molecule has 0 aliphatic carbocycles. The number of methoxy groups -OCH3 is 1. The maximum atomic E-state index is 12.1. The number of imidazole rings is 1. The van der Waals surface area contributed by atoms with Crippen molar-refractivity contribution in [1.29, 1.82) is 0 Å².